The first kappa shape index (κ1) is 22.7. The Balaban J connectivity index is 1.46. The van der Waals surface area contributed by atoms with Crippen LogP contribution in [0.5, 0.6) is 0 Å². The molecule has 0 bridgehead atoms. The number of rotatable bonds is 1. The Morgan fingerprint density at radius 3 is 2.72 bits per heavy atom. The van der Waals surface area contributed by atoms with Gasteiger partial charge >= 0.3 is 6.18 Å². The third-order valence-electron chi connectivity index (χ3n) is 6.88. The Bertz CT molecular complexity index is 1560. The lowest BCUT2D eigenvalue weighted by Crippen LogP contribution is -2.55. The van der Waals surface area contributed by atoms with Crippen molar-refractivity contribution in [3.63, 3.8) is 0 Å². The number of carbonyl (C=O) groups is 1. The average Bonchev–Trinajstić information content (AvgIpc) is 3.41. The lowest BCUT2D eigenvalue weighted by atomic mass is 9.96. The molecule has 2 atom stereocenters. The number of anilines is 1. The normalized spacial score (nSPS) is 21.1. The second kappa shape index (κ2) is 7.39. The van der Waals surface area contributed by atoms with Crippen LogP contribution in [0.25, 0.3) is 16.6 Å². The van der Waals surface area contributed by atoms with E-state index in [1.165, 1.54) is 29.6 Å². The quantitative estimate of drug-likeness (QED) is 0.389. The summed E-state index contributed by atoms with van der Waals surface area (Å²) in [5.74, 6) is -1.18. The Morgan fingerprint density at radius 1 is 1.19 bits per heavy atom. The van der Waals surface area contributed by atoms with Crippen molar-refractivity contribution in [2.24, 2.45) is 0 Å². The predicted octanol–water partition coefficient (Wildman–Crippen LogP) is 4.54. The number of hydrogen-bond donors (Lipinski definition) is 1. The fraction of sp³-hybridized carbons (Fsp3) is 0.320. The molecule has 1 amide bonds. The Morgan fingerprint density at radius 2 is 1.97 bits per heavy atom. The molecule has 1 saturated heterocycles. The summed E-state index contributed by atoms with van der Waals surface area (Å²) in [6.07, 6.45) is -1.80. The topological polar surface area (TPSA) is 85.8 Å². The van der Waals surface area contributed by atoms with Gasteiger partial charge in [0.25, 0.3) is 5.91 Å². The van der Waals surface area contributed by atoms with E-state index in [0.29, 0.717) is 22.2 Å². The number of hydrogen-bond acceptors (Lipinski definition) is 5. The van der Waals surface area contributed by atoms with Crippen molar-refractivity contribution in [1.29, 1.82) is 0 Å². The van der Waals surface area contributed by atoms with Gasteiger partial charge in [0.15, 0.2) is 0 Å². The highest BCUT2D eigenvalue weighted by molar-refractivity contribution is 5.99. The molecular formula is C25H21F4N5O2. The molecule has 186 valence electrons. The first-order chi connectivity index (χ1) is 16.9. The van der Waals surface area contributed by atoms with E-state index in [1.807, 2.05) is 0 Å². The summed E-state index contributed by atoms with van der Waals surface area (Å²) in [5, 5.41) is 0. The summed E-state index contributed by atoms with van der Waals surface area (Å²) in [6, 6.07) is 5.42. The maximum absolute atomic E-state index is 15.3. The minimum Gasteiger partial charge on any atom is -0.382 e. The Hall–Kier alpha value is -3.73. The number of ether oxygens (including phenoxy) is 1. The average molecular weight is 499 g/mol. The molecule has 36 heavy (non-hydrogen) atoms. The van der Waals surface area contributed by atoms with E-state index in [1.54, 1.807) is 18.2 Å². The predicted molar refractivity (Wildman–Crippen MR) is 123 cm³/mol. The second-order valence-corrected chi connectivity index (χ2v) is 9.88. The molecule has 0 spiro atoms. The first-order valence-corrected chi connectivity index (χ1v) is 11.3. The Kier molecular flexibility index (Phi) is 4.66. The van der Waals surface area contributed by atoms with Crippen molar-refractivity contribution in [3.8, 4) is 0 Å². The lowest BCUT2D eigenvalue weighted by Gasteiger charge is -2.46. The van der Waals surface area contributed by atoms with Crippen molar-refractivity contribution < 1.29 is 27.1 Å². The molecule has 2 aromatic heterocycles. The van der Waals surface area contributed by atoms with Gasteiger partial charge in [-0.15, -0.1) is 0 Å². The van der Waals surface area contributed by atoms with Crippen LogP contribution in [0, 0.1) is 5.82 Å². The van der Waals surface area contributed by atoms with Gasteiger partial charge in [0.05, 0.1) is 59.0 Å². The van der Waals surface area contributed by atoms with Crippen LogP contribution in [0.2, 0.25) is 0 Å². The molecular weight excluding hydrogens is 478 g/mol. The fourth-order valence-corrected chi connectivity index (χ4v) is 5.42. The van der Waals surface area contributed by atoms with E-state index in [0.717, 1.165) is 18.2 Å². The zero-order valence-electron chi connectivity index (χ0n) is 19.3. The minimum absolute atomic E-state index is 0.130. The number of aromatic nitrogens is 3. The fourth-order valence-electron chi connectivity index (χ4n) is 5.42. The molecule has 3 heterocycles. The van der Waals surface area contributed by atoms with E-state index in [2.05, 4.69) is 9.97 Å². The van der Waals surface area contributed by atoms with Gasteiger partial charge in [-0.1, -0.05) is 6.07 Å². The summed E-state index contributed by atoms with van der Waals surface area (Å²) >= 11 is 0. The number of nitrogen functional groups attached to an aromatic ring is 1. The number of amides is 1. The van der Waals surface area contributed by atoms with Gasteiger partial charge < -0.3 is 15.4 Å². The van der Waals surface area contributed by atoms with Crippen LogP contribution in [0.4, 0.5) is 23.4 Å². The number of nitrogens with two attached hydrogens (primary N) is 1. The molecule has 2 N–H and O–H groups in total. The van der Waals surface area contributed by atoms with Crippen LogP contribution in [0.3, 0.4) is 0 Å². The number of fused-ring (bicyclic) bond motifs is 6. The summed E-state index contributed by atoms with van der Waals surface area (Å²) < 4.78 is 63.0. The van der Waals surface area contributed by atoms with Gasteiger partial charge in [0.2, 0.25) is 0 Å². The maximum atomic E-state index is 15.3. The van der Waals surface area contributed by atoms with Crippen LogP contribution in [-0.4, -0.2) is 43.4 Å². The zero-order valence-corrected chi connectivity index (χ0v) is 19.3. The maximum Gasteiger partial charge on any atom is 0.416 e. The van der Waals surface area contributed by atoms with Crippen LogP contribution >= 0.6 is 0 Å². The van der Waals surface area contributed by atoms with E-state index in [9.17, 15) is 18.0 Å². The van der Waals surface area contributed by atoms with E-state index in [4.69, 9.17) is 10.5 Å². The Labute approximate surface area is 202 Å². The molecule has 0 saturated carbocycles. The summed E-state index contributed by atoms with van der Waals surface area (Å²) in [5.41, 5.74) is 6.50. The molecule has 2 aromatic carbocycles. The molecule has 1 fully saturated rings. The van der Waals surface area contributed by atoms with E-state index >= 15 is 4.39 Å². The summed E-state index contributed by atoms with van der Waals surface area (Å²) in [7, 11) is 0. The highest BCUT2D eigenvalue weighted by atomic mass is 19.4. The van der Waals surface area contributed by atoms with Crippen molar-refractivity contribution in [2.75, 3.05) is 12.3 Å². The minimum atomic E-state index is -4.48. The van der Waals surface area contributed by atoms with E-state index < -0.39 is 41.2 Å². The van der Waals surface area contributed by atoms with Gasteiger partial charge in [-0.3, -0.25) is 9.20 Å². The van der Waals surface area contributed by atoms with Crippen molar-refractivity contribution >= 4 is 28.3 Å². The zero-order chi connectivity index (χ0) is 25.6. The largest absolute Gasteiger partial charge is 0.416 e. The number of morpholine rings is 1. The van der Waals surface area contributed by atoms with Crippen LogP contribution in [-0.2, 0) is 17.3 Å². The highest BCUT2D eigenvalue weighted by Gasteiger charge is 2.48. The number of halogens is 4. The van der Waals surface area contributed by atoms with Gasteiger partial charge in [0.1, 0.15) is 17.2 Å². The van der Waals surface area contributed by atoms with Crippen molar-refractivity contribution in [2.45, 2.75) is 44.2 Å². The van der Waals surface area contributed by atoms with Gasteiger partial charge in [-0.2, -0.15) is 13.2 Å². The lowest BCUT2D eigenvalue weighted by molar-refractivity contribution is -0.148. The van der Waals surface area contributed by atoms with Crippen molar-refractivity contribution in [3.05, 3.63) is 70.9 Å². The third-order valence-corrected chi connectivity index (χ3v) is 6.88. The van der Waals surface area contributed by atoms with Gasteiger partial charge in [-0.05, 0) is 43.2 Å². The third kappa shape index (κ3) is 3.41. The van der Waals surface area contributed by atoms with Gasteiger partial charge in [0, 0.05) is 12.5 Å². The molecule has 0 unspecified atom stereocenters. The SMILES string of the molecule is CC1(C)CN(C(=O)c2cc3c(cc2F)nc(N)c2cncn23)[C@H]2c3ccc(C(F)(F)F)cc3C[C@H]2O1. The highest BCUT2D eigenvalue weighted by Crippen LogP contribution is 2.46. The van der Waals surface area contributed by atoms with Crippen LogP contribution < -0.4 is 5.73 Å². The van der Waals surface area contributed by atoms with Gasteiger partial charge in [-0.25, -0.2) is 14.4 Å². The smallest absolute Gasteiger partial charge is 0.382 e. The monoisotopic (exact) mass is 499 g/mol. The molecule has 2 aliphatic rings. The molecule has 0 radical (unpaired) electrons. The van der Waals surface area contributed by atoms with Crippen LogP contribution in [0.15, 0.2) is 42.9 Å². The molecule has 11 heteroatoms. The number of imidazole rings is 1. The number of carbonyl (C=O) groups excluding carboxylic acids is 1. The first-order valence-electron chi connectivity index (χ1n) is 11.3. The van der Waals surface area contributed by atoms with Crippen LogP contribution in [0.1, 0.15) is 46.9 Å². The summed E-state index contributed by atoms with van der Waals surface area (Å²) in [6.45, 7) is 3.73. The summed E-state index contributed by atoms with van der Waals surface area (Å²) in [4.78, 5) is 23.7. The molecule has 1 aliphatic heterocycles. The molecule has 4 aromatic rings. The second-order valence-electron chi connectivity index (χ2n) is 9.88. The van der Waals surface area contributed by atoms with E-state index in [-0.39, 0.29) is 29.9 Å². The molecule has 6 rings (SSSR count). The molecule has 1 aliphatic carbocycles. The number of alkyl halides is 3. The number of nitrogens with zero attached hydrogens (tertiary/aromatic N) is 4. The van der Waals surface area contributed by atoms with Crippen molar-refractivity contribution in [1.82, 2.24) is 19.3 Å². The molecule has 7 nitrogen and oxygen atoms in total. The standard InChI is InChI=1S/C25H21F4N5O2/c1-24(2)10-33(21-14-4-3-13(25(27,28)29)5-12(14)6-20(21)36-24)23(35)15-7-18-17(8-16(15)26)32-22(30)19-9-31-11-34(18)19/h3-5,7-9,11,20-21H,6,10H2,1-2H3,(H2,30,32)/t20-,21+/m1/s1. The number of benzene rings is 2.